The summed E-state index contributed by atoms with van der Waals surface area (Å²) in [5.41, 5.74) is 2.00. The van der Waals surface area contributed by atoms with E-state index in [1.54, 1.807) is 0 Å². The van der Waals surface area contributed by atoms with Gasteiger partial charge in [0.15, 0.2) is 0 Å². The Labute approximate surface area is 124 Å². The van der Waals surface area contributed by atoms with Gasteiger partial charge in [-0.1, -0.05) is 60.7 Å². The van der Waals surface area contributed by atoms with E-state index in [4.69, 9.17) is 21.1 Å². The van der Waals surface area contributed by atoms with Crippen LogP contribution in [0.2, 0.25) is 0 Å². The minimum Gasteiger partial charge on any atom is -0.342 e. The Balaban J connectivity index is 2.08. The Kier molecular flexibility index (Phi) is 4.06. The lowest BCUT2D eigenvalue weighted by Gasteiger charge is -2.41. The van der Waals surface area contributed by atoms with Gasteiger partial charge in [-0.15, -0.1) is 11.6 Å². The highest BCUT2D eigenvalue weighted by atomic mass is 35.5. The fourth-order valence-corrected chi connectivity index (χ4v) is 2.77. The second-order valence-electron chi connectivity index (χ2n) is 4.88. The number of rotatable bonds is 3. The van der Waals surface area contributed by atoms with Gasteiger partial charge in [0, 0.05) is 17.0 Å². The summed E-state index contributed by atoms with van der Waals surface area (Å²) < 4.78 is 12.3. The summed E-state index contributed by atoms with van der Waals surface area (Å²) >= 11 is 6.00. The summed E-state index contributed by atoms with van der Waals surface area (Å²) in [6, 6.07) is 20.1. The summed E-state index contributed by atoms with van der Waals surface area (Å²) in [5.74, 6) is -0.370. The highest BCUT2D eigenvalue weighted by molar-refractivity contribution is 6.18. The van der Waals surface area contributed by atoms with E-state index in [1.165, 1.54) is 0 Å². The third-order valence-electron chi connectivity index (χ3n) is 3.56. The molecule has 0 aromatic heterocycles. The summed E-state index contributed by atoms with van der Waals surface area (Å²) in [4.78, 5) is 0. The fraction of sp³-hybridized carbons (Fsp3) is 0.294. The van der Waals surface area contributed by atoms with Gasteiger partial charge in [-0.05, 0) is 6.42 Å². The highest BCUT2D eigenvalue weighted by Gasteiger charge is 2.41. The molecule has 2 aromatic rings. The standard InChI is InChI=1S/C17H17ClO2/c18-13-16-11-12-19-17(20-16,14-7-3-1-4-8-14)15-9-5-2-6-10-15/h1-10,16H,11-13H2/t16-/m0/s1. The van der Waals surface area contributed by atoms with Crippen LogP contribution < -0.4 is 0 Å². The first-order chi connectivity index (χ1) is 9.85. The van der Waals surface area contributed by atoms with E-state index >= 15 is 0 Å². The molecule has 0 saturated carbocycles. The predicted octanol–water partition coefficient (Wildman–Crippen LogP) is 3.93. The summed E-state index contributed by atoms with van der Waals surface area (Å²) in [5, 5.41) is 0. The molecule has 3 heteroatoms. The van der Waals surface area contributed by atoms with Crippen molar-refractivity contribution in [2.45, 2.75) is 18.3 Å². The lowest BCUT2D eigenvalue weighted by molar-refractivity contribution is -0.273. The van der Waals surface area contributed by atoms with Gasteiger partial charge in [-0.3, -0.25) is 0 Å². The lowest BCUT2D eigenvalue weighted by atomic mass is 9.95. The Morgan fingerprint density at radius 2 is 1.50 bits per heavy atom. The number of hydrogen-bond acceptors (Lipinski definition) is 2. The van der Waals surface area contributed by atoms with Gasteiger partial charge in [0.2, 0.25) is 5.79 Å². The van der Waals surface area contributed by atoms with Crippen LogP contribution in [-0.2, 0) is 15.3 Å². The molecule has 20 heavy (non-hydrogen) atoms. The van der Waals surface area contributed by atoms with E-state index in [0.717, 1.165) is 17.5 Å². The zero-order chi connectivity index (χ0) is 13.8. The molecule has 1 heterocycles. The smallest absolute Gasteiger partial charge is 0.222 e. The minimum absolute atomic E-state index is 0.00540. The Bertz CT molecular complexity index is 502. The predicted molar refractivity (Wildman–Crippen MR) is 79.8 cm³/mol. The molecule has 0 spiro atoms. The van der Waals surface area contributed by atoms with Crippen molar-refractivity contribution in [1.29, 1.82) is 0 Å². The van der Waals surface area contributed by atoms with Crippen LogP contribution in [0.1, 0.15) is 17.5 Å². The van der Waals surface area contributed by atoms with Crippen molar-refractivity contribution in [2.24, 2.45) is 0 Å². The maximum atomic E-state index is 6.24. The first-order valence-electron chi connectivity index (χ1n) is 6.84. The van der Waals surface area contributed by atoms with Crippen LogP contribution in [-0.4, -0.2) is 18.6 Å². The summed E-state index contributed by atoms with van der Waals surface area (Å²) in [6.45, 7) is 0.640. The van der Waals surface area contributed by atoms with E-state index in [-0.39, 0.29) is 6.10 Å². The van der Waals surface area contributed by atoms with Crippen molar-refractivity contribution in [3.05, 3.63) is 71.8 Å². The van der Waals surface area contributed by atoms with Crippen molar-refractivity contribution < 1.29 is 9.47 Å². The molecule has 1 fully saturated rings. The van der Waals surface area contributed by atoms with Crippen molar-refractivity contribution in [1.82, 2.24) is 0 Å². The Morgan fingerprint density at radius 1 is 0.950 bits per heavy atom. The van der Waals surface area contributed by atoms with Crippen LogP contribution >= 0.6 is 11.6 Å². The number of benzene rings is 2. The van der Waals surface area contributed by atoms with Crippen molar-refractivity contribution in [3.63, 3.8) is 0 Å². The quantitative estimate of drug-likeness (QED) is 0.797. The third-order valence-corrected chi connectivity index (χ3v) is 3.90. The first kappa shape index (κ1) is 13.6. The highest BCUT2D eigenvalue weighted by Crippen LogP contribution is 2.39. The van der Waals surface area contributed by atoms with E-state index in [1.807, 2.05) is 60.7 Å². The molecular weight excluding hydrogens is 272 g/mol. The maximum Gasteiger partial charge on any atom is 0.222 e. The Hall–Kier alpha value is -1.35. The monoisotopic (exact) mass is 288 g/mol. The molecule has 0 amide bonds. The maximum absolute atomic E-state index is 6.24. The minimum atomic E-state index is -0.847. The lowest BCUT2D eigenvalue weighted by Crippen LogP contribution is -2.44. The van der Waals surface area contributed by atoms with Gasteiger partial charge in [0.1, 0.15) is 0 Å². The Morgan fingerprint density at radius 3 is 2.00 bits per heavy atom. The van der Waals surface area contributed by atoms with E-state index in [9.17, 15) is 0 Å². The normalized spacial score (nSPS) is 21.6. The van der Waals surface area contributed by atoms with E-state index in [2.05, 4.69) is 0 Å². The molecule has 0 unspecified atom stereocenters. The molecule has 1 saturated heterocycles. The average Bonchev–Trinajstić information content (AvgIpc) is 2.56. The molecule has 0 aliphatic carbocycles. The van der Waals surface area contributed by atoms with E-state index < -0.39 is 5.79 Å². The second-order valence-corrected chi connectivity index (χ2v) is 5.19. The first-order valence-corrected chi connectivity index (χ1v) is 7.37. The van der Waals surface area contributed by atoms with Gasteiger partial charge < -0.3 is 9.47 Å². The van der Waals surface area contributed by atoms with Gasteiger partial charge >= 0.3 is 0 Å². The molecule has 2 nitrogen and oxygen atoms in total. The van der Waals surface area contributed by atoms with Crippen LogP contribution in [0.25, 0.3) is 0 Å². The molecule has 3 rings (SSSR count). The number of hydrogen-bond donors (Lipinski definition) is 0. The van der Waals surface area contributed by atoms with Crippen molar-refractivity contribution in [3.8, 4) is 0 Å². The zero-order valence-electron chi connectivity index (χ0n) is 11.2. The van der Waals surface area contributed by atoms with Crippen LogP contribution in [0.3, 0.4) is 0 Å². The molecule has 0 radical (unpaired) electrons. The largest absolute Gasteiger partial charge is 0.342 e. The molecule has 1 aliphatic rings. The number of halogens is 1. The SMILES string of the molecule is ClC[C@@H]1CCOC(c2ccccc2)(c2ccccc2)O1. The van der Waals surface area contributed by atoms with Crippen molar-refractivity contribution in [2.75, 3.05) is 12.5 Å². The van der Waals surface area contributed by atoms with Gasteiger partial charge in [-0.2, -0.15) is 0 Å². The molecule has 0 N–H and O–H groups in total. The molecule has 0 bridgehead atoms. The molecule has 2 aromatic carbocycles. The van der Waals surface area contributed by atoms with Gasteiger partial charge in [0.25, 0.3) is 0 Å². The van der Waals surface area contributed by atoms with Crippen LogP contribution in [0.5, 0.6) is 0 Å². The fourth-order valence-electron chi connectivity index (χ4n) is 2.55. The van der Waals surface area contributed by atoms with Gasteiger partial charge in [0.05, 0.1) is 12.7 Å². The topological polar surface area (TPSA) is 18.5 Å². The molecule has 104 valence electrons. The summed E-state index contributed by atoms with van der Waals surface area (Å²) in [6.07, 6.45) is 0.830. The van der Waals surface area contributed by atoms with E-state index in [0.29, 0.717) is 12.5 Å². The second kappa shape index (κ2) is 5.96. The third kappa shape index (κ3) is 2.47. The van der Waals surface area contributed by atoms with Crippen LogP contribution in [0.15, 0.2) is 60.7 Å². The number of alkyl halides is 1. The average molecular weight is 289 g/mol. The molecule has 1 aliphatic heterocycles. The molecular formula is C17H17ClO2. The zero-order valence-corrected chi connectivity index (χ0v) is 11.9. The summed E-state index contributed by atoms with van der Waals surface area (Å²) in [7, 11) is 0. The van der Waals surface area contributed by atoms with Crippen LogP contribution in [0, 0.1) is 0 Å². The number of ether oxygens (including phenoxy) is 2. The van der Waals surface area contributed by atoms with Crippen molar-refractivity contribution >= 4 is 11.6 Å². The van der Waals surface area contributed by atoms with Crippen LogP contribution in [0.4, 0.5) is 0 Å². The molecule has 1 atom stereocenters. The van der Waals surface area contributed by atoms with Gasteiger partial charge in [-0.25, -0.2) is 0 Å².